The summed E-state index contributed by atoms with van der Waals surface area (Å²) < 4.78 is 14.6. The number of furan rings is 2. The van der Waals surface area contributed by atoms with Crippen molar-refractivity contribution < 1.29 is 8.83 Å². The van der Waals surface area contributed by atoms with Crippen molar-refractivity contribution in [2.75, 3.05) is 0 Å². The van der Waals surface area contributed by atoms with E-state index in [1.165, 1.54) is 108 Å². The van der Waals surface area contributed by atoms with Crippen LogP contribution in [0.4, 0.5) is 0 Å². The van der Waals surface area contributed by atoms with E-state index in [1.807, 2.05) is 0 Å². The summed E-state index contributed by atoms with van der Waals surface area (Å²) in [5, 5.41) is 26.0. The molecule has 18 rings (SSSR count). The Labute approximate surface area is 458 Å². The predicted octanol–water partition coefficient (Wildman–Crippen LogP) is 22.5. The molecule has 0 atom stereocenters. The van der Waals surface area contributed by atoms with Crippen LogP contribution in [0.1, 0.15) is 0 Å². The number of hydrogen-bond acceptors (Lipinski definition) is 2. The van der Waals surface area contributed by atoms with E-state index >= 15 is 0 Å². The zero-order valence-electron chi connectivity index (χ0n) is 43.2. The van der Waals surface area contributed by atoms with Crippen molar-refractivity contribution in [3.63, 3.8) is 0 Å². The van der Waals surface area contributed by atoms with Gasteiger partial charge in [0.15, 0.2) is 0 Å². The molecule has 368 valence electrons. The monoisotopic (exact) mass is 1010 g/mol. The van der Waals surface area contributed by atoms with Crippen molar-refractivity contribution in [3.8, 4) is 44.5 Å². The van der Waals surface area contributed by atoms with Gasteiger partial charge in [0.1, 0.15) is 22.3 Å². The van der Waals surface area contributed by atoms with Crippen LogP contribution < -0.4 is 0 Å². The van der Waals surface area contributed by atoms with Gasteiger partial charge in [0.25, 0.3) is 0 Å². The Kier molecular flexibility index (Phi) is 8.98. The van der Waals surface area contributed by atoms with Gasteiger partial charge >= 0.3 is 0 Å². The molecular weight excluding hydrogens is 969 g/mol. The van der Waals surface area contributed by atoms with Crippen LogP contribution in [0.25, 0.3) is 185 Å². The molecule has 0 aliphatic rings. The van der Waals surface area contributed by atoms with Gasteiger partial charge in [-0.25, -0.2) is 0 Å². The fourth-order valence-electron chi connectivity index (χ4n) is 14.3. The SMILES string of the molecule is c1ccc2c(c1)cc(-c1c3ccccc3c(-c3cc4cc(-c5c6ccccc6c(-c6cc7ccccc7c7ccccc67)c6ccccc56)c5oc6ccccc6c5c4c4c3oc3ccccc34)c3ccccc13)c1ccccc12. The molecule has 2 heteroatoms. The smallest absolute Gasteiger partial charge is 0.143 e. The van der Waals surface area contributed by atoms with Crippen molar-refractivity contribution in [3.05, 3.63) is 267 Å². The van der Waals surface area contributed by atoms with Gasteiger partial charge in [-0.1, -0.05) is 231 Å². The summed E-state index contributed by atoms with van der Waals surface area (Å²) in [5.74, 6) is 0. The number of rotatable bonds is 4. The summed E-state index contributed by atoms with van der Waals surface area (Å²) in [4.78, 5) is 0. The topological polar surface area (TPSA) is 26.3 Å². The lowest BCUT2D eigenvalue weighted by molar-refractivity contribution is 0.670. The molecule has 2 heterocycles. The van der Waals surface area contributed by atoms with E-state index in [-0.39, 0.29) is 0 Å². The number of fused-ring (bicyclic) bond motifs is 19. The zero-order chi connectivity index (χ0) is 52.2. The first-order valence-electron chi connectivity index (χ1n) is 27.6. The minimum Gasteiger partial charge on any atom is -0.455 e. The molecule has 0 amide bonds. The molecule has 0 aliphatic carbocycles. The Balaban J connectivity index is 0.998. The van der Waals surface area contributed by atoms with Crippen LogP contribution in [0.3, 0.4) is 0 Å². The summed E-state index contributed by atoms with van der Waals surface area (Å²) in [6.07, 6.45) is 0. The molecule has 0 saturated heterocycles. The first kappa shape index (κ1) is 43.5. The Morgan fingerprint density at radius 1 is 0.175 bits per heavy atom. The molecule has 16 aromatic carbocycles. The molecule has 18 aromatic rings. The summed E-state index contributed by atoms with van der Waals surface area (Å²) in [5.41, 5.74) is 12.7. The molecule has 0 radical (unpaired) electrons. The second-order valence-corrected chi connectivity index (χ2v) is 21.6. The Morgan fingerprint density at radius 2 is 0.425 bits per heavy atom. The highest BCUT2D eigenvalue weighted by Gasteiger charge is 2.28. The van der Waals surface area contributed by atoms with Gasteiger partial charge in [0.2, 0.25) is 0 Å². The maximum atomic E-state index is 7.31. The molecule has 0 aliphatic heterocycles. The summed E-state index contributed by atoms with van der Waals surface area (Å²) in [6.45, 7) is 0. The molecule has 2 nitrogen and oxygen atoms in total. The van der Waals surface area contributed by atoms with Gasteiger partial charge in [-0.15, -0.1) is 0 Å². The number of benzene rings is 16. The quantitative estimate of drug-likeness (QED) is 0.130. The molecule has 0 fully saturated rings. The minimum absolute atomic E-state index is 0.850. The highest BCUT2D eigenvalue weighted by atomic mass is 16.3. The highest BCUT2D eigenvalue weighted by molar-refractivity contribution is 6.38. The minimum atomic E-state index is 0.850. The average Bonchev–Trinajstić information content (AvgIpc) is 4.05. The first-order chi connectivity index (χ1) is 39.7. The second-order valence-electron chi connectivity index (χ2n) is 21.6. The predicted molar refractivity (Wildman–Crippen MR) is 340 cm³/mol. The van der Waals surface area contributed by atoms with E-state index in [4.69, 9.17) is 8.83 Å². The van der Waals surface area contributed by atoms with Crippen LogP contribution in [0, 0.1) is 0 Å². The summed E-state index contributed by atoms with van der Waals surface area (Å²) in [6, 6.07) is 98.3. The van der Waals surface area contributed by atoms with Crippen molar-refractivity contribution in [2.45, 2.75) is 0 Å². The van der Waals surface area contributed by atoms with Crippen molar-refractivity contribution in [2.24, 2.45) is 0 Å². The van der Waals surface area contributed by atoms with Gasteiger partial charge in [0, 0.05) is 49.2 Å². The summed E-state index contributed by atoms with van der Waals surface area (Å²) in [7, 11) is 0. The fraction of sp³-hybridized carbons (Fsp3) is 0. The lowest BCUT2D eigenvalue weighted by Gasteiger charge is -2.21. The van der Waals surface area contributed by atoms with Crippen molar-refractivity contribution in [1.82, 2.24) is 0 Å². The lowest BCUT2D eigenvalue weighted by atomic mass is 9.82. The Morgan fingerprint density at radius 3 is 0.775 bits per heavy atom. The Bertz CT molecular complexity index is 5270. The maximum absolute atomic E-state index is 7.31. The molecule has 0 spiro atoms. The van der Waals surface area contributed by atoms with Crippen molar-refractivity contribution >= 4 is 141 Å². The molecule has 0 bridgehead atoms. The summed E-state index contributed by atoms with van der Waals surface area (Å²) >= 11 is 0. The second kappa shape index (κ2) is 16.5. The molecule has 0 unspecified atom stereocenters. The largest absolute Gasteiger partial charge is 0.455 e. The first-order valence-corrected chi connectivity index (χ1v) is 27.6. The fourth-order valence-corrected chi connectivity index (χ4v) is 14.3. The molecule has 80 heavy (non-hydrogen) atoms. The highest BCUT2D eigenvalue weighted by Crippen LogP contribution is 2.55. The van der Waals surface area contributed by atoms with Crippen LogP contribution in [-0.4, -0.2) is 0 Å². The number of para-hydroxylation sites is 2. The maximum Gasteiger partial charge on any atom is 0.143 e. The lowest BCUT2D eigenvalue weighted by Crippen LogP contribution is -1.94. The van der Waals surface area contributed by atoms with E-state index in [0.717, 1.165) is 76.9 Å². The van der Waals surface area contributed by atoms with Gasteiger partial charge in [-0.2, -0.15) is 0 Å². The van der Waals surface area contributed by atoms with Crippen LogP contribution in [0.2, 0.25) is 0 Å². The van der Waals surface area contributed by atoms with Crippen LogP contribution in [0.5, 0.6) is 0 Å². The third-order valence-electron chi connectivity index (χ3n) is 17.5. The van der Waals surface area contributed by atoms with E-state index in [9.17, 15) is 0 Å². The zero-order valence-corrected chi connectivity index (χ0v) is 43.2. The van der Waals surface area contributed by atoms with Crippen LogP contribution >= 0.6 is 0 Å². The molecule has 2 aromatic heterocycles. The normalized spacial score (nSPS) is 12.2. The number of hydrogen-bond donors (Lipinski definition) is 0. The molecule has 0 saturated carbocycles. The standard InChI is InChI=1S/C78H44O2/c1-3-23-48-45(21-1)41-64(52-27-7-5-25-50(48)52)71-54-29-9-13-33-58(54)73(59-34-14-10-30-55(59)71)66-43-47-44-67(78-76(63-38-18-20-40-69(63)80-78)70(47)75-62-37-17-19-39-68(62)79-77(66)75)74-60-35-15-11-31-56(60)72(57-32-12-16-36-61(57)74)65-42-46-22-2-4-24-49(46)51-26-6-8-28-53(51)65/h1-44H. The third kappa shape index (κ3) is 5.97. The average molecular weight is 1010 g/mol. The van der Waals surface area contributed by atoms with E-state index in [0.29, 0.717) is 0 Å². The van der Waals surface area contributed by atoms with E-state index in [2.05, 4.69) is 267 Å². The molecular formula is C78H44O2. The van der Waals surface area contributed by atoms with Gasteiger partial charge in [-0.05, 0) is 150 Å². The third-order valence-corrected chi connectivity index (χ3v) is 17.5. The van der Waals surface area contributed by atoms with Gasteiger partial charge < -0.3 is 8.83 Å². The van der Waals surface area contributed by atoms with Crippen LogP contribution in [0.15, 0.2) is 276 Å². The molecule has 0 N–H and O–H groups in total. The van der Waals surface area contributed by atoms with E-state index < -0.39 is 0 Å². The van der Waals surface area contributed by atoms with Gasteiger partial charge in [-0.3, -0.25) is 0 Å². The van der Waals surface area contributed by atoms with Crippen molar-refractivity contribution in [1.29, 1.82) is 0 Å². The Hall–Kier alpha value is -10.5. The van der Waals surface area contributed by atoms with E-state index in [1.54, 1.807) is 0 Å². The van der Waals surface area contributed by atoms with Gasteiger partial charge in [0.05, 0.1) is 0 Å². The van der Waals surface area contributed by atoms with Crippen LogP contribution in [-0.2, 0) is 0 Å².